The van der Waals surface area contributed by atoms with E-state index < -0.39 is 0 Å². The molecule has 0 saturated heterocycles. The van der Waals surface area contributed by atoms with E-state index in [9.17, 15) is 0 Å². The van der Waals surface area contributed by atoms with Gasteiger partial charge in [-0.25, -0.2) is 5.43 Å². The van der Waals surface area contributed by atoms with E-state index in [2.05, 4.69) is 88.7 Å². The summed E-state index contributed by atoms with van der Waals surface area (Å²) in [5.74, 6) is 3.68. The number of hydrazine groups is 1. The Morgan fingerprint density at radius 1 is 0.914 bits per heavy atom. The summed E-state index contributed by atoms with van der Waals surface area (Å²) in [6, 6.07) is 19.1. The van der Waals surface area contributed by atoms with Gasteiger partial charge in [0.2, 0.25) is 5.95 Å². The molecular weight excluding hydrogens is 438 g/mol. The zero-order valence-corrected chi connectivity index (χ0v) is 21.1. The Kier molecular flexibility index (Phi) is 6.74. The quantitative estimate of drug-likeness (QED) is 0.507. The largest absolute Gasteiger partial charge is 0.497 e. The molecule has 0 bridgehead atoms. The van der Waals surface area contributed by atoms with Crippen molar-refractivity contribution in [3.63, 3.8) is 0 Å². The van der Waals surface area contributed by atoms with E-state index in [0.717, 1.165) is 62.5 Å². The third-order valence-corrected chi connectivity index (χ3v) is 6.74. The number of rotatable bonds is 9. The Balaban J connectivity index is 1.49. The van der Waals surface area contributed by atoms with Crippen LogP contribution in [-0.2, 0) is 13.1 Å². The van der Waals surface area contributed by atoms with E-state index in [1.165, 1.54) is 16.7 Å². The number of methoxy groups -OCH3 is 1. The van der Waals surface area contributed by atoms with Crippen LogP contribution in [0.15, 0.2) is 54.6 Å². The predicted molar refractivity (Wildman–Crippen MR) is 141 cm³/mol. The zero-order chi connectivity index (χ0) is 24.4. The molecular formula is C27H35N7O. The van der Waals surface area contributed by atoms with E-state index >= 15 is 0 Å². The summed E-state index contributed by atoms with van der Waals surface area (Å²) in [6.07, 6.45) is 1.01. The van der Waals surface area contributed by atoms with Crippen LogP contribution in [0.4, 0.5) is 17.6 Å². The second kappa shape index (κ2) is 10.1. The summed E-state index contributed by atoms with van der Waals surface area (Å²) in [4.78, 5) is 16.9. The first kappa shape index (κ1) is 23.4. The van der Waals surface area contributed by atoms with Crippen LogP contribution in [0.5, 0.6) is 5.75 Å². The van der Waals surface area contributed by atoms with Gasteiger partial charge in [-0.1, -0.05) is 42.5 Å². The first-order valence-electron chi connectivity index (χ1n) is 12.2. The molecule has 1 atom stereocenters. The summed E-state index contributed by atoms with van der Waals surface area (Å²) >= 11 is 0. The Hall–Kier alpha value is -3.36. The molecule has 0 amide bonds. The minimum atomic E-state index is 0.233. The van der Waals surface area contributed by atoms with Crippen LogP contribution in [-0.4, -0.2) is 62.8 Å². The molecule has 0 saturated carbocycles. The number of nitrogens with zero attached hydrogens (tertiary/aromatic N) is 6. The third-order valence-electron chi connectivity index (χ3n) is 6.74. The maximum absolute atomic E-state index is 5.34. The molecule has 0 spiro atoms. The van der Waals surface area contributed by atoms with Crippen molar-refractivity contribution in [2.24, 2.45) is 0 Å². The molecule has 3 heterocycles. The lowest BCUT2D eigenvalue weighted by molar-refractivity contribution is 0.414. The normalized spacial score (nSPS) is 16.5. The van der Waals surface area contributed by atoms with Crippen LogP contribution in [0.3, 0.4) is 0 Å². The second-order valence-electron chi connectivity index (χ2n) is 9.62. The van der Waals surface area contributed by atoms with Crippen LogP contribution < -0.4 is 25.0 Å². The molecule has 3 aromatic rings. The standard InChI is InChI=1S/C27H35N7O/c1-31(2)16-17-32(3)27-28-25-24-23(14-15-33(25)18-21-10-12-22(35-4)13-11-21)30-34(26(24)29-27)19-20-8-6-5-7-9-20/h5-13,23,30H,14-19H2,1-4H3. The molecule has 0 radical (unpaired) electrons. The van der Waals surface area contributed by atoms with Gasteiger partial charge in [0.15, 0.2) is 5.82 Å². The lowest BCUT2D eigenvalue weighted by Gasteiger charge is -2.33. The number of likely N-dealkylation sites (N-methyl/N-ethyl adjacent to an activating group) is 2. The Morgan fingerprint density at radius 2 is 1.63 bits per heavy atom. The molecule has 2 aromatic carbocycles. The molecule has 1 aromatic heterocycles. The summed E-state index contributed by atoms with van der Waals surface area (Å²) < 4.78 is 5.34. The van der Waals surface area contributed by atoms with Gasteiger partial charge in [0, 0.05) is 33.2 Å². The van der Waals surface area contributed by atoms with Gasteiger partial charge in [-0.2, -0.15) is 9.97 Å². The van der Waals surface area contributed by atoms with E-state index in [4.69, 9.17) is 14.7 Å². The van der Waals surface area contributed by atoms with Crippen molar-refractivity contribution in [3.8, 4) is 5.75 Å². The van der Waals surface area contributed by atoms with Crippen LogP contribution in [0.2, 0.25) is 0 Å². The lowest BCUT2D eigenvalue weighted by atomic mass is 10.0. The molecule has 2 aliphatic rings. The minimum Gasteiger partial charge on any atom is -0.497 e. The van der Waals surface area contributed by atoms with Crippen LogP contribution in [0.25, 0.3) is 0 Å². The van der Waals surface area contributed by atoms with Gasteiger partial charge in [-0.05, 0) is 43.8 Å². The molecule has 2 aliphatic heterocycles. The van der Waals surface area contributed by atoms with E-state index in [-0.39, 0.29) is 6.04 Å². The highest BCUT2D eigenvalue weighted by atomic mass is 16.5. The van der Waals surface area contributed by atoms with Crippen molar-refractivity contribution >= 4 is 17.6 Å². The molecule has 8 heteroatoms. The molecule has 0 aliphatic carbocycles. The molecule has 1 N–H and O–H groups in total. The second-order valence-corrected chi connectivity index (χ2v) is 9.62. The Bertz CT molecular complexity index is 1140. The molecule has 1 unspecified atom stereocenters. The van der Waals surface area contributed by atoms with Crippen molar-refractivity contribution in [2.75, 3.05) is 62.7 Å². The first-order chi connectivity index (χ1) is 17.0. The van der Waals surface area contributed by atoms with Crippen molar-refractivity contribution in [1.29, 1.82) is 0 Å². The minimum absolute atomic E-state index is 0.233. The summed E-state index contributed by atoms with van der Waals surface area (Å²) in [7, 11) is 7.96. The van der Waals surface area contributed by atoms with E-state index in [1.54, 1.807) is 7.11 Å². The number of anilines is 3. The van der Waals surface area contributed by atoms with Gasteiger partial charge in [0.1, 0.15) is 11.6 Å². The van der Waals surface area contributed by atoms with Gasteiger partial charge in [0.05, 0.1) is 25.3 Å². The maximum Gasteiger partial charge on any atom is 0.229 e. The fourth-order valence-electron chi connectivity index (χ4n) is 4.72. The Morgan fingerprint density at radius 3 is 2.34 bits per heavy atom. The number of benzene rings is 2. The monoisotopic (exact) mass is 473 g/mol. The summed E-state index contributed by atoms with van der Waals surface area (Å²) in [5.41, 5.74) is 7.43. The average Bonchev–Trinajstić information content (AvgIpc) is 3.23. The van der Waals surface area contributed by atoms with Gasteiger partial charge < -0.3 is 19.4 Å². The number of nitrogens with one attached hydrogen (secondary N) is 1. The van der Waals surface area contributed by atoms with Crippen LogP contribution in [0.1, 0.15) is 29.2 Å². The van der Waals surface area contributed by atoms with Crippen molar-refractivity contribution in [1.82, 2.24) is 20.3 Å². The smallest absolute Gasteiger partial charge is 0.229 e. The SMILES string of the molecule is COc1ccc(CN2CCC3NN(Cc4ccccc4)c4nc(N(C)CCN(C)C)nc2c43)cc1. The van der Waals surface area contributed by atoms with Crippen LogP contribution >= 0.6 is 0 Å². The van der Waals surface area contributed by atoms with Crippen molar-refractivity contribution in [3.05, 3.63) is 71.3 Å². The van der Waals surface area contributed by atoms with Gasteiger partial charge >= 0.3 is 0 Å². The number of hydrogen-bond donors (Lipinski definition) is 1. The predicted octanol–water partition coefficient (Wildman–Crippen LogP) is 3.46. The van der Waals surface area contributed by atoms with Gasteiger partial charge in [-0.15, -0.1) is 0 Å². The highest BCUT2D eigenvalue weighted by Crippen LogP contribution is 2.44. The van der Waals surface area contributed by atoms with Crippen molar-refractivity contribution in [2.45, 2.75) is 25.6 Å². The third kappa shape index (κ3) is 5.04. The van der Waals surface area contributed by atoms with Crippen molar-refractivity contribution < 1.29 is 4.74 Å². The molecule has 5 rings (SSSR count). The highest BCUT2D eigenvalue weighted by molar-refractivity contribution is 5.69. The highest BCUT2D eigenvalue weighted by Gasteiger charge is 2.39. The zero-order valence-electron chi connectivity index (χ0n) is 21.1. The molecule has 8 nitrogen and oxygen atoms in total. The fourth-order valence-corrected chi connectivity index (χ4v) is 4.72. The van der Waals surface area contributed by atoms with Crippen LogP contribution in [0, 0.1) is 0 Å². The molecule has 184 valence electrons. The Labute approximate surface area is 208 Å². The molecule has 0 fully saturated rings. The lowest BCUT2D eigenvalue weighted by Crippen LogP contribution is -2.37. The van der Waals surface area contributed by atoms with E-state index in [1.807, 2.05) is 12.1 Å². The fraction of sp³-hybridized carbons (Fsp3) is 0.407. The topological polar surface area (TPSA) is 60.0 Å². The van der Waals surface area contributed by atoms with E-state index in [0.29, 0.717) is 0 Å². The average molecular weight is 474 g/mol. The number of hydrogen-bond acceptors (Lipinski definition) is 8. The summed E-state index contributed by atoms with van der Waals surface area (Å²) in [5, 5.41) is 2.21. The summed E-state index contributed by atoms with van der Waals surface area (Å²) in [6.45, 7) is 4.31. The molecule has 35 heavy (non-hydrogen) atoms. The number of aromatic nitrogens is 2. The van der Waals surface area contributed by atoms with Gasteiger partial charge in [-0.3, -0.25) is 5.01 Å². The number of ether oxygens (including phenoxy) is 1. The first-order valence-corrected chi connectivity index (χ1v) is 12.2. The maximum atomic E-state index is 5.34. The van der Waals surface area contributed by atoms with Gasteiger partial charge in [0.25, 0.3) is 0 Å².